The van der Waals surface area contributed by atoms with Gasteiger partial charge in [0.1, 0.15) is 35.6 Å². The molecule has 0 saturated carbocycles. The van der Waals surface area contributed by atoms with Crippen LogP contribution in [0.3, 0.4) is 0 Å². The number of phenols is 1. The molecular weight excluding hydrogens is 538 g/mol. The second-order valence-electron chi connectivity index (χ2n) is 13.3. The number of rotatable bonds is 5. The minimum Gasteiger partial charge on any atom is -0.508 e. The van der Waals surface area contributed by atoms with E-state index in [4.69, 9.17) is 9.72 Å². The molecule has 3 aromatic rings. The van der Waals surface area contributed by atoms with E-state index in [9.17, 15) is 9.50 Å². The Bertz CT molecular complexity index is 1540. The van der Waals surface area contributed by atoms with Gasteiger partial charge in [0.05, 0.1) is 10.9 Å². The number of nitrogens with one attached hydrogen (secondary N) is 1. The molecule has 4 aliphatic heterocycles. The minimum atomic E-state index is -0.861. The fraction of sp³-hybridized carbons (Fsp3) is 0.594. The van der Waals surface area contributed by atoms with Crippen LogP contribution in [-0.4, -0.2) is 81.5 Å². The largest absolute Gasteiger partial charge is 0.508 e. The Morgan fingerprint density at radius 3 is 2.79 bits per heavy atom. The van der Waals surface area contributed by atoms with Crippen molar-refractivity contribution in [3.8, 4) is 23.0 Å². The van der Waals surface area contributed by atoms with Gasteiger partial charge < -0.3 is 20.1 Å². The van der Waals surface area contributed by atoms with Crippen molar-refractivity contribution in [3.05, 3.63) is 35.3 Å². The molecule has 42 heavy (non-hydrogen) atoms. The first kappa shape index (κ1) is 26.5. The Labute approximate surface area is 244 Å². The standard InChI is InChI=1S/C32H38F2N6O2/c1-18-4-2-5-19-10-23(41)11-24(26(18)19)28-27(34)29-25(13-35-28)30(39-15-21-6-7-22(16-39)36-21)38-31(37-29)42-17-32-8-3-9-40(32)14-20(33)12-32/h10-11,13,18,20-22,36,41H,2-9,12,14-17H2,1H3/t18-,20-,21-,22+,32+/m1/s1. The van der Waals surface area contributed by atoms with Gasteiger partial charge in [-0.05, 0) is 80.7 Å². The van der Waals surface area contributed by atoms with Crippen molar-refractivity contribution >= 4 is 16.7 Å². The molecule has 1 aromatic carbocycles. The first-order chi connectivity index (χ1) is 20.4. The number of phenolic OH excluding ortho intramolecular Hbond substituents is 1. The number of aromatic hydroxyl groups is 1. The molecule has 0 radical (unpaired) electrons. The Morgan fingerprint density at radius 1 is 1.12 bits per heavy atom. The third kappa shape index (κ3) is 4.32. The number of hydrogen-bond acceptors (Lipinski definition) is 8. The van der Waals surface area contributed by atoms with E-state index >= 15 is 4.39 Å². The van der Waals surface area contributed by atoms with E-state index in [0.29, 0.717) is 41.8 Å². The van der Waals surface area contributed by atoms with Crippen LogP contribution in [-0.2, 0) is 6.42 Å². The highest BCUT2D eigenvalue weighted by Crippen LogP contribution is 2.43. The van der Waals surface area contributed by atoms with Gasteiger partial charge in [0.15, 0.2) is 5.82 Å². The lowest BCUT2D eigenvalue weighted by Gasteiger charge is -2.34. The number of piperazine rings is 1. The highest BCUT2D eigenvalue weighted by Gasteiger charge is 2.49. The summed E-state index contributed by atoms with van der Waals surface area (Å²) in [6, 6.07) is 4.28. The van der Waals surface area contributed by atoms with E-state index in [2.05, 4.69) is 32.0 Å². The quantitative estimate of drug-likeness (QED) is 0.445. The van der Waals surface area contributed by atoms with Crippen LogP contribution in [0.25, 0.3) is 22.2 Å². The van der Waals surface area contributed by atoms with Crippen LogP contribution >= 0.6 is 0 Å². The van der Waals surface area contributed by atoms with Crippen molar-refractivity contribution in [2.45, 2.75) is 88.0 Å². The second-order valence-corrected chi connectivity index (χ2v) is 13.3. The molecule has 5 aliphatic rings. The summed E-state index contributed by atoms with van der Waals surface area (Å²) in [5, 5.41) is 14.8. The number of benzene rings is 1. The summed E-state index contributed by atoms with van der Waals surface area (Å²) < 4.78 is 37.4. The summed E-state index contributed by atoms with van der Waals surface area (Å²) >= 11 is 0. The first-order valence-electron chi connectivity index (χ1n) is 15.6. The highest BCUT2D eigenvalue weighted by atomic mass is 19.1. The van der Waals surface area contributed by atoms with Gasteiger partial charge in [-0.25, -0.2) is 8.78 Å². The third-order valence-corrected chi connectivity index (χ3v) is 10.5. The van der Waals surface area contributed by atoms with Crippen LogP contribution in [0.4, 0.5) is 14.6 Å². The number of alkyl halides is 1. The van der Waals surface area contributed by atoms with Crippen molar-refractivity contribution in [1.29, 1.82) is 0 Å². The molecule has 1 aliphatic carbocycles. The number of hydrogen-bond donors (Lipinski definition) is 2. The van der Waals surface area contributed by atoms with E-state index < -0.39 is 12.0 Å². The predicted molar refractivity (Wildman–Crippen MR) is 156 cm³/mol. The molecular formula is C32H38F2N6O2. The zero-order valence-electron chi connectivity index (χ0n) is 24.1. The van der Waals surface area contributed by atoms with Gasteiger partial charge >= 0.3 is 6.01 Å². The van der Waals surface area contributed by atoms with Crippen LogP contribution in [0, 0.1) is 5.82 Å². The molecule has 10 heteroatoms. The molecule has 6 heterocycles. The molecule has 2 aromatic heterocycles. The Hall–Kier alpha value is -3.11. The molecule has 0 unspecified atom stereocenters. The lowest BCUT2D eigenvalue weighted by molar-refractivity contribution is 0.107. The number of aromatic nitrogens is 3. The van der Waals surface area contributed by atoms with Gasteiger partial charge in [0, 0.05) is 49.9 Å². The fourth-order valence-electron chi connectivity index (χ4n) is 8.56. The number of pyridine rings is 1. The minimum absolute atomic E-state index is 0.117. The maximum atomic E-state index is 16.7. The maximum Gasteiger partial charge on any atom is 0.319 e. The lowest BCUT2D eigenvalue weighted by Crippen LogP contribution is -2.51. The maximum absolute atomic E-state index is 16.7. The van der Waals surface area contributed by atoms with Crippen molar-refractivity contribution in [2.24, 2.45) is 0 Å². The summed E-state index contributed by atoms with van der Waals surface area (Å²) in [5.41, 5.74) is 2.73. The van der Waals surface area contributed by atoms with Crippen LogP contribution in [0.1, 0.15) is 68.9 Å². The van der Waals surface area contributed by atoms with E-state index in [1.807, 2.05) is 0 Å². The number of halogens is 2. The van der Waals surface area contributed by atoms with E-state index in [-0.39, 0.29) is 41.0 Å². The van der Waals surface area contributed by atoms with Crippen LogP contribution < -0.4 is 15.0 Å². The monoisotopic (exact) mass is 576 g/mol. The normalized spacial score (nSPS) is 30.6. The van der Waals surface area contributed by atoms with Gasteiger partial charge in [0.2, 0.25) is 0 Å². The van der Waals surface area contributed by atoms with Gasteiger partial charge in [-0.2, -0.15) is 9.97 Å². The SMILES string of the molecule is C[C@@H]1CCCc2cc(O)cc(-c3ncc4c(N5C[C@H]6CC[C@@H](C5)N6)nc(OC[C@@]56CCCN5C[C@H](F)C6)nc4c3F)c21. The summed E-state index contributed by atoms with van der Waals surface area (Å²) in [7, 11) is 0. The second kappa shape index (κ2) is 9.98. The van der Waals surface area contributed by atoms with Gasteiger partial charge in [-0.1, -0.05) is 6.92 Å². The predicted octanol–water partition coefficient (Wildman–Crippen LogP) is 4.87. The molecule has 2 bridgehead atoms. The van der Waals surface area contributed by atoms with Crippen LogP contribution in [0.15, 0.2) is 18.3 Å². The van der Waals surface area contributed by atoms with Gasteiger partial charge in [0.25, 0.3) is 0 Å². The Morgan fingerprint density at radius 2 is 1.95 bits per heavy atom. The first-order valence-corrected chi connectivity index (χ1v) is 15.6. The van der Waals surface area contributed by atoms with Gasteiger partial charge in [-0.3, -0.25) is 9.88 Å². The fourth-order valence-corrected chi connectivity index (χ4v) is 8.56. The van der Waals surface area contributed by atoms with Crippen molar-refractivity contribution in [1.82, 2.24) is 25.2 Å². The topological polar surface area (TPSA) is 86.6 Å². The number of ether oxygens (including phenoxy) is 1. The molecule has 5 atom stereocenters. The van der Waals surface area contributed by atoms with Crippen LogP contribution in [0.2, 0.25) is 0 Å². The number of fused-ring (bicyclic) bond motifs is 5. The van der Waals surface area contributed by atoms with Crippen LogP contribution in [0.5, 0.6) is 11.8 Å². The van der Waals surface area contributed by atoms with Crippen molar-refractivity contribution < 1.29 is 18.6 Å². The zero-order chi connectivity index (χ0) is 28.6. The summed E-state index contributed by atoms with van der Waals surface area (Å²) in [6.07, 6.45) is 8.26. The highest BCUT2D eigenvalue weighted by molar-refractivity contribution is 5.92. The number of anilines is 1. The molecule has 4 fully saturated rings. The smallest absolute Gasteiger partial charge is 0.319 e. The summed E-state index contributed by atoms with van der Waals surface area (Å²) in [4.78, 5) is 18.6. The van der Waals surface area contributed by atoms with E-state index in [0.717, 1.165) is 75.7 Å². The third-order valence-electron chi connectivity index (χ3n) is 10.5. The molecule has 0 spiro atoms. The summed E-state index contributed by atoms with van der Waals surface area (Å²) in [5.74, 6) is 0.450. The Balaban J connectivity index is 1.24. The molecule has 4 saturated heterocycles. The molecule has 2 N–H and O–H groups in total. The van der Waals surface area contributed by atoms with Gasteiger partial charge in [-0.15, -0.1) is 0 Å². The van der Waals surface area contributed by atoms with E-state index in [1.165, 1.54) is 0 Å². The number of nitrogens with zero attached hydrogens (tertiary/aromatic N) is 5. The van der Waals surface area contributed by atoms with E-state index in [1.54, 1.807) is 18.3 Å². The summed E-state index contributed by atoms with van der Waals surface area (Å²) in [6.45, 7) is 5.27. The Kier molecular flexibility index (Phi) is 6.30. The average Bonchev–Trinajstić information content (AvgIpc) is 3.61. The number of aryl methyl sites for hydroxylation is 1. The molecule has 8 rings (SSSR count). The average molecular weight is 577 g/mol. The van der Waals surface area contributed by atoms with Crippen molar-refractivity contribution in [2.75, 3.05) is 37.7 Å². The van der Waals surface area contributed by atoms with Crippen molar-refractivity contribution in [3.63, 3.8) is 0 Å². The lowest BCUT2D eigenvalue weighted by atomic mass is 9.80. The zero-order valence-corrected chi connectivity index (χ0v) is 24.1. The molecule has 8 nitrogen and oxygen atoms in total. The molecule has 222 valence electrons. The molecule has 0 amide bonds.